The van der Waals surface area contributed by atoms with E-state index in [1.807, 2.05) is 50.2 Å². The van der Waals surface area contributed by atoms with E-state index in [0.29, 0.717) is 5.75 Å². The molecule has 1 atom stereocenters. The second-order valence-electron chi connectivity index (χ2n) is 4.68. The number of hydrogen-bond donors (Lipinski definition) is 1. The van der Waals surface area contributed by atoms with Gasteiger partial charge in [0.25, 0.3) is 5.91 Å². The third kappa shape index (κ3) is 4.09. The fourth-order valence-corrected chi connectivity index (χ4v) is 1.85. The van der Waals surface area contributed by atoms with Gasteiger partial charge in [-0.2, -0.15) is 0 Å². The fraction of sp³-hybridized carbons (Fsp3) is 0.250. The molecule has 0 spiro atoms. The zero-order valence-electron chi connectivity index (χ0n) is 11.7. The zero-order chi connectivity index (χ0) is 14.4. The molecule has 0 unspecified atom stereocenters. The predicted octanol–water partition coefficient (Wildman–Crippen LogP) is 2.65. The Kier molecular flexibility index (Phi) is 4.71. The summed E-state index contributed by atoms with van der Waals surface area (Å²) < 4.78 is 5.46. The third-order valence-corrected chi connectivity index (χ3v) is 2.92. The van der Waals surface area contributed by atoms with E-state index in [0.717, 1.165) is 11.1 Å². The molecule has 2 rings (SSSR count). The molecule has 0 radical (unpaired) electrons. The Balaban J connectivity index is 1.84. The Hall–Kier alpha value is -2.36. The van der Waals surface area contributed by atoms with Crippen molar-refractivity contribution in [3.05, 3.63) is 59.9 Å². The molecule has 1 aromatic carbocycles. The van der Waals surface area contributed by atoms with Crippen molar-refractivity contribution < 1.29 is 9.53 Å². The maximum atomic E-state index is 11.8. The Bertz CT molecular complexity index is 570. The first-order chi connectivity index (χ1) is 9.65. The highest BCUT2D eigenvalue weighted by Crippen LogP contribution is 2.13. The van der Waals surface area contributed by atoms with Crippen molar-refractivity contribution >= 4 is 5.91 Å². The molecule has 4 heteroatoms. The largest absolute Gasteiger partial charge is 0.484 e. The molecule has 0 saturated carbocycles. The van der Waals surface area contributed by atoms with Crippen LogP contribution in [0.2, 0.25) is 0 Å². The molecule has 104 valence electrons. The number of nitrogens with one attached hydrogen (secondary N) is 1. The lowest BCUT2D eigenvalue weighted by atomic mass is 10.1. The van der Waals surface area contributed by atoms with E-state index in [2.05, 4.69) is 10.3 Å². The maximum absolute atomic E-state index is 11.8. The van der Waals surface area contributed by atoms with E-state index in [9.17, 15) is 4.79 Å². The average Bonchev–Trinajstić information content (AvgIpc) is 2.46. The van der Waals surface area contributed by atoms with Gasteiger partial charge < -0.3 is 10.1 Å². The molecule has 0 aliphatic rings. The summed E-state index contributed by atoms with van der Waals surface area (Å²) in [5.74, 6) is 0.553. The number of aromatic nitrogens is 1. The van der Waals surface area contributed by atoms with Crippen molar-refractivity contribution in [3.63, 3.8) is 0 Å². The summed E-state index contributed by atoms with van der Waals surface area (Å²) in [6.07, 6.45) is 3.45. The van der Waals surface area contributed by atoms with Crippen LogP contribution in [0.4, 0.5) is 0 Å². The first-order valence-corrected chi connectivity index (χ1v) is 6.54. The lowest BCUT2D eigenvalue weighted by Crippen LogP contribution is -2.31. The molecule has 2 aromatic rings. The summed E-state index contributed by atoms with van der Waals surface area (Å²) in [7, 11) is 0. The molecular weight excluding hydrogens is 252 g/mol. The highest BCUT2D eigenvalue weighted by Gasteiger charge is 2.10. The van der Waals surface area contributed by atoms with Crippen LogP contribution in [0.15, 0.2) is 48.8 Å². The van der Waals surface area contributed by atoms with Crippen LogP contribution in [0.5, 0.6) is 5.75 Å². The van der Waals surface area contributed by atoms with Gasteiger partial charge in [0.15, 0.2) is 6.61 Å². The first-order valence-electron chi connectivity index (χ1n) is 6.54. The van der Waals surface area contributed by atoms with Gasteiger partial charge in [0, 0.05) is 12.4 Å². The van der Waals surface area contributed by atoms with Crippen LogP contribution < -0.4 is 10.1 Å². The van der Waals surface area contributed by atoms with Crippen LogP contribution in [-0.2, 0) is 4.79 Å². The number of benzene rings is 1. The van der Waals surface area contributed by atoms with Gasteiger partial charge >= 0.3 is 0 Å². The van der Waals surface area contributed by atoms with Gasteiger partial charge in [0.1, 0.15) is 5.75 Å². The Morgan fingerprint density at radius 1 is 1.35 bits per heavy atom. The maximum Gasteiger partial charge on any atom is 0.258 e. The average molecular weight is 270 g/mol. The second-order valence-corrected chi connectivity index (χ2v) is 4.68. The minimum absolute atomic E-state index is 0.00799. The lowest BCUT2D eigenvalue weighted by Gasteiger charge is -2.14. The molecule has 0 bridgehead atoms. The molecule has 1 aromatic heterocycles. The number of amides is 1. The second kappa shape index (κ2) is 6.70. The number of ether oxygens (including phenoxy) is 1. The number of rotatable bonds is 5. The smallest absolute Gasteiger partial charge is 0.258 e. The van der Waals surface area contributed by atoms with Gasteiger partial charge in [-0.1, -0.05) is 18.2 Å². The molecule has 0 aliphatic heterocycles. The van der Waals surface area contributed by atoms with E-state index in [4.69, 9.17) is 4.74 Å². The van der Waals surface area contributed by atoms with Crippen molar-refractivity contribution in [2.24, 2.45) is 0 Å². The monoisotopic (exact) mass is 270 g/mol. The van der Waals surface area contributed by atoms with Gasteiger partial charge in [-0.3, -0.25) is 9.78 Å². The number of hydrogen-bond acceptors (Lipinski definition) is 3. The van der Waals surface area contributed by atoms with E-state index in [1.165, 1.54) is 0 Å². The van der Waals surface area contributed by atoms with Gasteiger partial charge in [-0.15, -0.1) is 0 Å². The highest BCUT2D eigenvalue weighted by atomic mass is 16.5. The molecule has 0 fully saturated rings. The normalized spacial score (nSPS) is 11.7. The van der Waals surface area contributed by atoms with E-state index >= 15 is 0 Å². The first kappa shape index (κ1) is 14.1. The van der Waals surface area contributed by atoms with Gasteiger partial charge in [0.05, 0.1) is 6.04 Å². The van der Waals surface area contributed by atoms with Crippen molar-refractivity contribution in [2.45, 2.75) is 19.9 Å². The Labute approximate surface area is 118 Å². The van der Waals surface area contributed by atoms with Crippen molar-refractivity contribution in [3.8, 4) is 5.75 Å². The van der Waals surface area contributed by atoms with Crippen LogP contribution >= 0.6 is 0 Å². The summed E-state index contributed by atoms with van der Waals surface area (Å²) in [6.45, 7) is 3.91. The minimum atomic E-state index is -0.150. The number of pyridine rings is 1. The van der Waals surface area contributed by atoms with Crippen LogP contribution in [0, 0.1) is 6.92 Å². The topological polar surface area (TPSA) is 51.2 Å². The van der Waals surface area contributed by atoms with E-state index in [-0.39, 0.29) is 18.6 Å². The summed E-state index contributed by atoms with van der Waals surface area (Å²) in [5, 5.41) is 2.88. The lowest BCUT2D eigenvalue weighted by molar-refractivity contribution is -0.123. The molecule has 0 saturated heterocycles. The summed E-state index contributed by atoms with van der Waals surface area (Å²) in [5.41, 5.74) is 2.07. The van der Waals surface area contributed by atoms with E-state index < -0.39 is 0 Å². The SMILES string of the molecule is Cc1cccc(OCC(=O)N[C@H](C)c2cccnc2)c1. The van der Waals surface area contributed by atoms with Crippen molar-refractivity contribution in [1.29, 1.82) is 0 Å². The molecule has 0 aliphatic carbocycles. The molecule has 4 nitrogen and oxygen atoms in total. The molecule has 1 amide bonds. The van der Waals surface area contributed by atoms with Crippen LogP contribution in [0.1, 0.15) is 24.1 Å². The fourth-order valence-electron chi connectivity index (χ4n) is 1.85. The van der Waals surface area contributed by atoms with Crippen LogP contribution in [0.25, 0.3) is 0 Å². The van der Waals surface area contributed by atoms with Gasteiger partial charge in [-0.05, 0) is 43.2 Å². The summed E-state index contributed by atoms with van der Waals surface area (Å²) in [6, 6.07) is 11.3. The predicted molar refractivity (Wildman–Crippen MR) is 77.5 cm³/mol. The number of aryl methyl sites for hydroxylation is 1. The number of carbonyl (C=O) groups is 1. The summed E-state index contributed by atoms with van der Waals surface area (Å²) in [4.78, 5) is 15.9. The quantitative estimate of drug-likeness (QED) is 0.908. The molecule has 1 heterocycles. The molecule has 1 N–H and O–H groups in total. The number of nitrogens with zero attached hydrogens (tertiary/aromatic N) is 1. The van der Waals surface area contributed by atoms with Crippen molar-refractivity contribution in [1.82, 2.24) is 10.3 Å². The molecule has 20 heavy (non-hydrogen) atoms. The highest BCUT2D eigenvalue weighted by molar-refractivity contribution is 5.78. The number of carbonyl (C=O) groups excluding carboxylic acids is 1. The van der Waals surface area contributed by atoms with Gasteiger partial charge in [-0.25, -0.2) is 0 Å². The Morgan fingerprint density at radius 3 is 2.90 bits per heavy atom. The van der Waals surface area contributed by atoms with Crippen LogP contribution in [0.3, 0.4) is 0 Å². The Morgan fingerprint density at radius 2 is 2.20 bits per heavy atom. The summed E-state index contributed by atoms with van der Waals surface area (Å²) >= 11 is 0. The standard InChI is InChI=1S/C16H18N2O2/c1-12-5-3-7-15(9-12)20-11-16(19)18-13(2)14-6-4-8-17-10-14/h3-10,13H,11H2,1-2H3,(H,18,19)/t13-/m1/s1. The van der Waals surface area contributed by atoms with Crippen molar-refractivity contribution in [2.75, 3.05) is 6.61 Å². The third-order valence-electron chi connectivity index (χ3n) is 2.92. The minimum Gasteiger partial charge on any atom is -0.484 e. The van der Waals surface area contributed by atoms with Crippen LogP contribution in [-0.4, -0.2) is 17.5 Å². The van der Waals surface area contributed by atoms with E-state index in [1.54, 1.807) is 12.4 Å². The van der Waals surface area contributed by atoms with Gasteiger partial charge in [0.2, 0.25) is 0 Å². The zero-order valence-corrected chi connectivity index (χ0v) is 11.7. The molecular formula is C16H18N2O2.